The lowest BCUT2D eigenvalue weighted by atomic mass is 10.1. The number of carbonyl (C=O) groups is 1. The van der Waals surface area contributed by atoms with Crippen LogP contribution in [0.3, 0.4) is 0 Å². The largest absolute Gasteiger partial charge is 0.398 e. The Bertz CT molecular complexity index is 307. The van der Waals surface area contributed by atoms with Gasteiger partial charge in [-0.25, -0.2) is 0 Å². The van der Waals surface area contributed by atoms with Crippen LogP contribution in [-0.4, -0.2) is 10.9 Å². The zero-order valence-electron chi connectivity index (χ0n) is 6.87. The van der Waals surface area contributed by atoms with Crippen LogP contribution in [-0.2, 0) is 6.61 Å². The number of hydrogen-bond donors (Lipinski definition) is 2. The summed E-state index contributed by atoms with van der Waals surface area (Å²) >= 11 is 0. The maximum absolute atomic E-state index is 10.9. The summed E-state index contributed by atoms with van der Waals surface area (Å²) in [6.07, 6.45) is 0. The normalized spacial score (nSPS) is 9.83. The van der Waals surface area contributed by atoms with E-state index in [4.69, 9.17) is 10.8 Å². The number of nitrogens with two attached hydrogens (primary N) is 1. The molecule has 3 N–H and O–H groups in total. The quantitative estimate of drug-likeness (QED) is 0.507. The van der Waals surface area contributed by atoms with Gasteiger partial charge in [0.15, 0.2) is 5.78 Å². The summed E-state index contributed by atoms with van der Waals surface area (Å²) in [5.41, 5.74) is 7.22. The Kier molecular flexibility index (Phi) is 2.45. The van der Waals surface area contributed by atoms with Gasteiger partial charge < -0.3 is 10.8 Å². The molecule has 0 aliphatic carbocycles. The SMILES string of the molecule is CC(=O)c1ccc(N)c(CO)c1. The van der Waals surface area contributed by atoms with Crippen LogP contribution in [0.1, 0.15) is 22.8 Å². The number of carbonyl (C=O) groups excluding carboxylic acids is 1. The number of rotatable bonds is 2. The topological polar surface area (TPSA) is 63.3 Å². The van der Waals surface area contributed by atoms with Crippen LogP contribution in [0.25, 0.3) is 0 Å². The number of ketones is 1. The van der Waals surface area contributed by atoms with E-state index in [2.05, 4.69) is 0 Å². The van der Waals surface area contributed by atoms with Gasteiger partial charge in [-0.2, -0.15) is 0 Å². The van der Waals surface area contributed by atoms with Gasteiger partial charge in [-0.15, -0.1) is 0 Å². The molecule has 1 aromatic rings. The molecule has 1 aromatic carbocycles. The lowest BCUT2D eigenvalue weighted by Gasteiger charge is -2.03. The molecule has 0 aromatic heterocycles. The molecule has 3 heteroatoms. The van der Waals surface area contributed by atoms with E-state index < -0.39 is 0 Å². The van der Waals surface area contributed by atoms with E-state index in [0.717, 1.165) is 0 Å². The molecule has 0 bridgehead atoms. The first kappa shape index (κ1) is 8.74. The first-order valence-electron chi connectivity index (χ1n) is 3.65. The van der Waals surface area contributed by atoms with E-state index in [-0.39, 0.29) is 12.4 Å². The van der Waals surface area contributed by atoms with Gasteiger partial charge in [0.05, 0.1) is 6.61 Å². The third-order valence-electron chi connectivity index (χ3n) is 1.72. The number of anilines is 1. The van der Waals surface area contributed by atoms with E-state index in [1.54, 1.807) is 18.2 Å². The van der Waals surface area contributed by atoms with Crippen LogP contribution in [0.5, 0.6) is 0 Å². The zero-order valence-corrected chi connectivity index (χ0v) is 6.87. The Balaban J connectivity index is 3.13. The van der Waals surface area contributed by atoms with Crippen molar-refractivity contribution < 1.29 is 9.90 Å². The van der Waals surface area contributed by atoms with E-state index in [1.807, 2.05) is 0 Å². The van der Waals surface area contributed by atoms with Crippen molar-refractivity contribution in [1.29, 1.82) is 0 Å². The molecule has 0 radical (unpaired) electrons. The number of hydrogen-bond acceptors (Lipinski definition) is 3. The van der Waals surface area contributed by atoms with Gasteiger partial charge in [0.2, 0.25) is 0 Å². The minimum Gasteiger partial charge on any atom is -0.398 e. The van der Waals surface area contributed by atoms with Gasteiger partial charge in [-0.05, 0) is 25.1 Å². The molecule has 0 unspecified atom stereocenters. The molecule has 0 saturated carbocycles. The van der Waals surface area contributed by atoms with Crippen LogP contribution < -0.4 is 5.73 Å². The molecule has 0 fully saturated rings. The lowest BCUT2D eigenvalue weighted by molar-refractivity contribution is 0.101. The van der Waals surface area contributed by atoms with Crippen molar-refractivity contribution in [2.45, 2.75) is 13.5 Å². The average Bonchev–Trinajstić information content (AvgIpc) is 2.05. The van der Waals surface area contributed by atoms with Gasteiger partial charge in [0.1, 0.15) is 0 Å². The predicted octanol–water partition coefficient (Wildman–Crippen LogP) is 0.964. The van der Waals surface area contributed by atoms with Gasteiger partial charge in [0, 0.05) is 16.8 Å². The second-order valence-corrected chi connectivity index (χ2v) is 2.63. The van der Waals surface area contributed by atoms with E-state index in [0.29, 0.717) is 16.8 Å². The summed E-state index contributed by atoms with van der Waals surface area (Å²) in [6, 6.07) is 4.89. The van der Waals surface area contributed by atoms with Crippen molar-refractivity contribution in [1.82, 2.24) is 0 Å². The zero-order chi connectivity index (χ0) is 9.14. The molecule has 0 amide bonds. The highest BCUT2D eigenvalue weighted by Gasteiger charge is 2.02. The van der Waals surface area contributed by atoms with Crippen LogP contribution in [0.2, 0.25) is 0 Å². The maximum atomic E-state index is 10.9. The number of Topliss-reactive ketones (excluding diaryl/α,β-unsaturated/α-hetero) is 1. The molecule has 0 atom stereocenters. The fourth-order valence-corrected chi connectivity index (χ4v) is 0.962. The highest BCUT2D eigenvalue weighted by atomic mass is 16.3. The molecule has 0 saturated heterocycles. The summed E-state index contributed by atoms with van der Waals surface area (Å²) in [5, 5.41) is 8.83. The number of aliphatic hydroxyl groups excluding tert-OH is 1. The second kappa shape index (κ2) is 3.36. The van der Waals surface area contributed by atoms with Crippen molar-refractivity contribution in [3.63, 3.8) is 0 Å². The van der Waals surface area contributed by atoms with Gasteiger partial charge in [0.25, 0.3) is 0 Å². The smallest absolute Gasteiger partial charge is 0.159 e. The number of aliphatic hydroxyl groups is 1. The Morgan fingerprint density at radius 1 is 1.58 bits per heavy atom. The minimum atomic E-state index is -0.132. The first-order valence-corrected chi connectivity index (χ1v) is 3.65. The van der Waals surface area contributed by atoms with Crippen LogP contribution in [0, 0.1) is 0 Å². The third-order valence-corrected chi connectivity index (χ3v) is 1.72. The molecule has 0 aliphatic heterocycles. The molecule has 0 heterocycles. The van der Waals surface area contributed by atoms with Crippen molar-refractivity contribution in [2.75, 3.05) is 5.73 Å². The Morgan fingerprint density at radius 3 is 2.75 bits per heavy atom. The summed E-state index contributed by atoms with van der Waals surface area (Å²) in [4.78, 5) is 10.9. The second-order valence-electron chi connectivity index (χ2n) is 2.63. The van der Waals surface area contributed by atoms with Crippen LogP contribution >= 0.6 is 0 Å². The summed E-state index contributed by atoms with van der Waals surface area (Å²) in [5.74, 6) is -0.0234. The maximum Gasteiger partial charge on any atom is 0.159 e. The first-order chi connectivity index (χ1) is 5.65. The van der Waals surface area contributed by atoms with E-state index in [1.165, 1.54) is 6.92 Å². The Morgan fingerprint density at radius 2 is 2.25 bits per heavy atom. The molecule has 0 aliphatic rings. The minimum absolute atomic E-state index is 0.0234. The van der Waals surface area contributed by atoms with Gasteiger partial charge in [-0.3, -0.25) is 4.79 Å². The highest BCUT2D eigenvalue weighted by Crippen LogP contribution is 2.14. The predicted molar refractivity (Wildman–Crippen MR) is 46.8 cm³/mol. The molecule has 0 spiro atoms. The van der Waals surface area contributed by atoms with Crippen molar-refractivity contribution in [3.05, 3.63) is 29.3 Å². The lowest BCUT2D eigenvalue weighted by Crippen LogP contribution is -1.98. The van der Waals surface area contributed by atoms with Crippen molar-refractivity contribution in [3.8, 4) is 0 Å². The summed E-state index contributed by atoms with van der Waals surface area (Å²) in [7, 11) is 0. The van der Waals surface area contributed by atoms with Gasteiger partial charge >= 0.3 is 0 Å². The number of nitrogen functional groups attached to an aromatic ring is 1. The molecule has 1 rings (SSSR count). The highest BCUT2D eigenvalue weighted by molar-refractivity contribution is 5.94. The molecular formula is C9H11NO2. The number of benzene rings is 1. The molecular weight excluding hydrogens is 154 g/mol. The Hall–Kier alpha value is -1.35. The third kappa shape index (κ3) is 1.62. The van der Waals surface area contributed by atoms with Gasteiger partial charge in [-0.1, -0.05) is 0 Å². The average molecular weight is 165 g/mol. The Labute approximate surface area is 70.8 Å². The monoisotopic (exact) mass is 165 g/mol. The molecule has 64 valence electrons. The van der Waals surface area contributed by atoms with E-state index in [9.17, 15) is 4.79 Å². The van der Waals surface area contributed by atoms with Crippen molar-refractivity contribution in [2.24, 2.45) is 0 Å². The fraction of sp³-hybridized carbons (Fsp3) is 0.222. The molecule has 3 nitrogen and oxygen atoms in total. The summed E-state index contributed by atoms with van der Waals surface area (Å²) in [6.45, 7) is 1.35. The standard InChI is InChI=1S/C9H11NO2/c1-6(12)7-2-3-9(10)8(4-7)5-11/h2-4,11H,5,10H2,1H3. The van der Waals surface area contributed by atoms with Crippen LogP contribution in [0.15, 0.2) is 18.2 Å². The molecule has 12 heavy (non-hydrogen) atoms. The summed E-state index contributed by atoms with van der Waals surface area (Å²) < 4.78 is 0. The van der Waals surface area contributed by atoms with E-state index >= 15 is 0 Å². The van der Waals surface area contributed by atoms with Crippen molar-refractivity contribution >= 4 is 11.5 Å². The van der Waals surface area contributed by atoms with Crippen LogP contribution in [0.4, 0.5) is 5.69 Å². The fourth-order valence-electron chi connectivity index (χ4n) is 0.962.